The number of piperidine rings is 1. The lowest BCUT2D eigenvalue weighted by Crippen LogP contribution is -2.35. The molecule has 5 nitrogen and oxygen atoms in total. The summed E-state index contributed by atoms with van der Waals surface area (Å²) in [6.07, 6.45) is 4.57. The Morgan fingerprint density at radius 2 is 1.67 bits per heavy atom. The van der Waals surface area contributed by atoms with Crippen molar-refractivity contribution in [1.82, 2.24) is 4.31 Å². The molecule has 0 atom stereocenters. The van der Waals surface area contributed by atoms with E-state index in [4.69, 9.17) is 11.6 Å². The summed E-state index contributed by atoms with van der Waals surface area (Å²) in [5.74, 6) is -0.145. The Morgan fingerprint density at radius 1 is 1.00 bits per heavy atom. The van der Waals surface area contributed by atoms with E-state index in [1.165, 1.54) is 0 Å². The molecule has 0 bridgehead atoms. The second-order valence-electron chi connectivity index (χ2n) is 7.60. The van der Waals surface area contributed by atoms with Crippen LogP contribution >= 0.6 is 11.6 Å². The van der Waals surface area contributed by atoms with E-state index in [0.29, 0.717) is 18.1 Å². The number of nitrogens with zero attached hydrogens (tertiary/aromatic N) is 1. The lowest BCUT2D eigenvalue weighted by molar-refractivity contribution is -0.115. The van der Waals surface area contributed by atoms with Crippen molar-refractivity contribution in [2.45, 2.75) is 57.3 Å². The van der Waals surface area contributed by atoms with Crippen LogP contribution in [0.1, 0.15) is 49.8 Å². The van der Waals surface area contributed by atoms with Gasteiger partial charge in [-0.15, -0.1) is 0 Å². The molecule has 0 aliphatic carbocycles. The Morgan fingerprint density at radius 3 is 2.27 bits per heavy atom. The summed E-state index contributed by atoms with van der Waals surface area (Å²) in [4.78, 5) is 13.0. The minimum absolute atomic E-state index is 0.145. The highest BCUT2D eigenvalue weighted by atomic mass is 35.5. The van der Waals surface area contributed by atoms with Crippen molar-refractivity contribution in [3.63, 3.8) is 0 Å². The van der Waals surface area contributed by atoms with Gasteiger partial charge in [0.25, 0.3) is 0 Å². The minimum atomic E-state index is -3.46. The van der Waals surface area contributed by atoms with Gasteiger partial charge >= 0.3 is 0 Å². The van der Waals surface area contributed by atoms with E-state index in [0.717, 1.165) is 54.5 Å². The third kappa shape index (κ3) is 5.05. The second kappa shape index (κ2) is 9.94. The normalized spacial score (nSPS) is 15.2. The first-order valence-electron chi connectivity index (χ1n) is 10.6. The molecule has 1 fully saturated rings. The van der Waals surface area contributed by atoms with Gasteiger partial charge in [0.1, 0.15) is 0 Å². The van der Waals surface area contributed by atoms with Gasteiger partial charge in [-0.3, -0.25) is 4.79 Å². The summed E-state index contributed by atoms with van der Waals surface area (Å²) in [6.45, 7) is 5.20. The number of rotatable bonds is 7. The van der Waals surface area contributed by atoms with Crippen molar-refractivity contribution in [3.05, 3.63) is 58.1 Å². The zero-order valence-electron chi connectivity index (χ0n) is 17.6. The maximum Gasteiger partial charge on any atom is 0.243 e. The molecule has 1 amide bonds. The average Bonchev–Trinajstić information content (AvgIpc) is 2.75. The van der Waals surface area contributed by atoms with Crippen molar-refractivity contribution >= 4 is 33.2 Å². The number of nitrogens with one attached hydrogen (secondary N) is 1. The molecule has 1 heterocycles. The largest absolute Gasteiger partial charge is 0.325 e. The first-order valence-corrected chi connectivity index (χ1v) is 12.4. The fraction of sp³-hybridized carbons (Fsp3) is 0.435. The molecule has 0 saturated carbocycles. The van der Waals surface area contributed by atoms with Crippen LogP contribution in [0.2, 0.25) is 5.02 Å². The van der Waals surface area contributed by atoms with Crippen molar-refractivity contribution in [2.75, 3.05) is 18.4 Å². The quantitative estimate of drug-likeness (QED) is 0.660. The molecule has 2 aromatic rings. The maximum absolute atomic E-state index is 12.8. The van der Waals surface area contributed by atoms with Crippen LogP contribution in [0.3, 0.4) is 0 Å². The van der Waals surface area contributed by atoms with Crippen molar-refractivity contribution in [2.24, 2.45) is 0 Å². The molecule has 1 saturated heterocycles. The van der Waals surface area contributed by atoms with Crippen LogP contribution < -0.4 is 5.32 Å². The Hall–Kier alpha value is -1.89. The molecule has 1 N–H and O–H groups in total. The summed E-state index contributed by atoms with van der Waals surface area (Å²) in [5, 5.41) is 3.67. The molecule has 7 heteroatoms. The van der Waals surface area contributed by atoms with Crippen LogP contribution in [0, 0.1) is 0 Å². The average molecular weight is 449 g/mol. The monoisotopic (exact) mass is 448 g/mol. The molecule has 3 rings (SSSR count). The molecule has 0 spiro atoms. The van der Waals surface area contributed by atoms with Gasteiger partial charge < -0.3 is 5.32 Å². The molecule has 1 aliphatic heterocycles. The molecule has 162 valence electrons. The van der Waals surface area contributed by atoms with Gasteiger partial charge in [-0.1, -0.05) is 50.1 Å². The predicted octanol–water partition coefficient (Wildman–Crippen LogP) is 4.82. The van der Waals surface area contributed by atoms with E-state index in [1.807, 2.05) is 26.0 Å². The van der Waals surface area contributed by atoms with Gasteiger partial charge in [-0.05, 0) is 60.6 Å². The van der Waals surface area contributed by atoms with Crippen LogP contribution in [0.5, 0.6) is 0 Å². The van der Waals surface area contributed by atoms with Crippen LogP contribution in [-0.2, 0) is 34.1 Å². The number of sulfonamides is 1. The van der Waals surface area contributed by atoms with Crippen molar-refractivity contribution in [1.29, 1.82) is 0 Å². The van der Waals surface area contributed by atoms with E-state index in [2.05, 4.69) is 5.32 Å². The first kappa shape index (κ1) is 22.8. The smallest absolute Gasteiger partial charge is 0.243 e. The summed E-state index contributed by atoms with van der Waals surface area (Å²) in [6, 6.07) is 10.4. The van der Waals surface area contributed by atoms with Crippen LogP contribution in [-0.4, -0.2) is 31.7 Å². The zero-order valence-corrected chi connectivity index (χ0v) is 19.2. The standard InChI is InChI=1S/C23H29ClN2O3S/c1-3-18-10-13-21(24)20(4-2)23(18)25-22(27)16-17-8-11-19(12-9-17)30(28,29)26-14-6-5-7-15-26/h8-13H,3-7,14-16H2,1-2H3,(H,25,27). The second-order valence-corrected chi connectivity index (χ2v) is 9.95. The Labute approximate surface area is 184 Å². The van der Waals surface area contributed by atoms with Crippen molar-refractivity contribution < 1.29 is 13.2 Å². The van der Waals surface area contributed by atoms with E-state index >= 15 is 0 Å². The summed E-state index contributed by atoms with van der Waals surface area (Å²) < 4.78 is 27.1. The Kier molecular flexibility index (Phi) is 7.55. The number of aryl methyl sites for hydroxylation is 1. The highest BCUT2D eigenvalue weighted by Crippen LogP contribution is 2.29. The molecule has 0 radical (unpaired) electrons. The summed E-state index contributed by atoms with van der Waals surface area (Å²) >= 11 is 6.31. The van der Waals surface area contributed by atoms with Crippen molar-refractivity contribution in [3.8, 4) is 0 Å². The van der Waals surface area contributed by atoms with Crippen LogP contribution in [0.4, 0.5) is 5.69 Å². The number of anilines is 1. The summed E-state index contributed by atoms with van der Waals surface area (Å²) in [5.41, 5.74) is 3.55. The number of carbonyl (C=O) groups is 1. The number of halogens is 1. The van der Waals surface area contributed by atoms with E-state index < -0.39 is 10.0 Å². The third-order valence-corrected chi connectivity index (χ3v) is 7.85. The third-order valence-electron chi connectivity index (χ3n) is 5.58. The van der Waals surface area contributed by atoms with Gasteiger partial charge in [-0.25, -0.2) is 8.42 Å². The lowest BCUT2D eigenvalue weighted by atomic mass is 10.0. The van der Waals surface area contributed by atoms with Gasteiger partial charge in [0.2, 0.25) is 15.9 Å². The zero-order chi connectivity index (χ0) is 21.7. The highest BCUT2D eigenvalue weighted by molar-refractivity contribution is 7.89. The van der Waals surface area contributed by atoms with E-state index in [9.17, 15) is 13.2 Å². The molecule has 0 aromatic heterocycles. The molecule has 2 aromatic carbocycles. The lowest BCUT2D eigenvalue weighted by Gasteiger charge is -2.25. The Balaban J connectivity index is 1.72. The van der Waals surface area contributed by atoms with Crippen LogP contribution in [0.25, 0.3) is 0 Å². The van der Waals surface area contributed by atoms with Gasteiger partial charge in [-0.2, -0.15) is 4.31 Å². The van der Waals surface area contributed by atoms with E-state index in [1.54, 1.807) is 28.6 Å². The number of carbonyl (C=O) groups excluding carboxylic acids is 1. The topological polar surface area (TPSA) is 66.5 Å². The van der Waals surface area contributed by atoms with Gasteiger partial charge in [0.15, 0.2) is 0 Å². The van der Waals surface area contributed by atoms with Crippen LogP contribution in [0.15, 0.2) is 41.3 Å². The number of amides is 1. The first-order chi connectivity index (χ1) is 14.4. The number of hydrogen-bond donors (Lipinski definition) is 1. The highest BCUT2D eigenvalue weighted by Gasteiger charge is 2.25. The SMILES string of the molecule is CCc1ccc(Cl)c(CC)c1NC(=O)Cc1ccc(S(=O)(=O)N2CCCCC2)cc1. The molecular formula is C23H29ClN2O3S. The molecule has 1 aliphatic rings. The number of hydrogen-bond acceptors (Lipinski definition) is 3. The minimum Gasteiger partial charge on any atom is -0.325 e. The van der Waals surface area contributed by atoms with Gasteiger partial charge in [0.05, 0.1) is 11.3 Å². The molecule has 0 unspecified atom stereocenters. The van der Waals surface area contributed by atoms with Gasteiger partial charge in [0, 0.05) is 23.8 Å². The summed E-state index contributed by atoms with van der Waals surface area (Å²) in [7, 11) is -3.46. The maximum atomic E-state index is 12.8. The molecule has 30 heavy (non-hydrogen) atoms. The van der Waals surface area contributed by atoms with E-state index in [-0.39, 0.29) is 17.2 Å². The number of benzene rings is 2. The fourth-order valence-corrected chi connectivity index (χ4v) is 5.68. The Bertz CT molecular complexity index is 998. The molecular weight excluding hydrogens is 420 g/mol. The fourth-order valence-electron chi connectivity index (χ4n) is 3.87. The predicted molar refractivity (Wildman–Crippen MR) is 122 cm³/mol.